The molecule has 0 aromatic carbocycles. The van der Waals surface area contributed by atoms with Crippen molar-refractivity contribution in [1.82, 2.24) is 0 Å². The lowest BCUT2D eigenvalue weighted by atomic mass is 10.2. The van der Waals surface area contributed by atoms with Gasteiger partial charge in [0, 0.05) is 14.2 Å². The summed E-state index contributed by atoms with van der Waals surface area (Å²) in [5.41, 5.74) is 0.330. The first-order chi connectivity index (χ1) is 6.22. The van der Waals surface area contributed by atoms with Gasteiger partial charge in [-0.15, -0.1) is 0 Å². The molecule has 5 nitrogen and oxygen atoms in total. The molecule has 5 heteroatoms. The van der Waals surface area contributed by atoms with Crippen LogP contribution in [0.3, 0.4) is 0 Å². The summed E-state index contributed by atoms with van der Waals surface area (Å²) in [5, 5.41) is 0. The largest absolute Gasteiger partial charge is 0.466 e. The number of hydrogen-bond acceptors (Lipinski definition) is 5. The van der Waals surface area contributed by atoms with Gasteiger partial charge in [0.25, 0.3) is 0 Å². The molecule has 1 aliphatic heterocycles. The van der Waals surface area contributed by atoms with Crippen LogP contribution < -0.4 is 0 Å². The Hall–Kier alpha value is -0.910. The van der Waals surface area contributed by atoms with E-state index in [1.165, 1.54) is 27.4 Å². The molecule has 0 N–H and O–H groups in total. The first-order valence-electron chi connectivity index (χ1n) is 3.74. The zero-order valence-corrected chi connectivity index (χ0v) is 7.77. The topological polar surface area (TPSA) is 54.0 Å². The smallest absolute Gasteiger partial charge is 0.338 e. The minimum absolute atomic E-state index is 0.330. The van der Waals surface area contributed by atoms with Gasteiger partial charge < -0.3 is 18.9 Å². The Morgan fingerprint density at radius 1 is 1.38 bits per heavy atom. The molecule has 0 saturated carbocycles. The maximum Gasteiger partial charge on any atom is 0.338 e. The highest BCUT2D eigenvalue weighted by Crippen LogP contribution is 2.21. The van der Waals surface area contributed by atoms with Gasteiger partial charge in [0.2, 0.25) is 0 Å². The van der Waals surface area contributed by atoms with E-state index in [0.717, 1.165) is 0 Å². The summed E-state index contributed by atoms with van der Waals surface area (Å²) >= 11 is 0. The predicted molar refractivity (Wildman–Crippen MR) is 42.8 cm³/mol. The van der Waals surface area contributed by atoms with E-state index >= 15 is 0 Å². The molecule has 0 amide bonds. The van der Waals surface area contributed by atoms with Crippen molar-refractivity contribution in [3.63, 3.8) is 0 Å². The highest BCUT2D eigenvalue weighted by atomic mass is 16.8. The Morgan fingerprint density at radius 2 is 2.08 bits per heavy atom. The summed E-state index contributed by atoms with van der Waals surface area (Å²) in [5.74, 6) is -0.466. The third-order valence-electron chi connectivity index (χ3n) is 1.69. The molecule has 1 aliphatic rings. The van der Waals surface area contributed by atoms with Crippen LogP contribution in [0.2, 0.25) is 0 Å². The molecule has 0 spiro atoms. The SMILES string of the molecule is COC(=O)C1=C[C@@H](OC)O[C@H]1OC. The monoisotopic (exact) mass is 188 g/mol. The van der Waals surface area contributed by atoms with Gasteiger partial charge in [-0.1, -0.05) is 0 Å². The number of rotatable bonds is 3. The van der Waals surface area contributed by atoms with Gasteiger partial charge in [-0.2, -0.15) is 0 Å². The summed E-state index contributed by atoms with van der Waals surface area (Å²) in [6.07, 6.45) is 0.288. The molecule has 0 bridgehead atoms. The number of methoxy groups -OCH3 is 3. The van der Waals surface area contributed by atoms with Gasteiger partial charge in [0.1, 0.15) is 0 Å². The van der Waals surface area contributed by atoms with Gasteiger partial charge in [-0.25, -0.2) is 4.79 Å². The molecule has 1 rings (SSSR count). The van der Waals surface area contributed by atoms with Crippen LogP contribution in [0.4, 0.5) is 0 Å². The average molecular weight is 188 g/mol. The minimum atomic E-state index is -0.697. The number of carbonyl (C=O) groups is 1. The Bertz CT molecular complexity index is 223. The molecular formula is C8H12O5. The van der Waals surface area contributed by atoms with Gasteiger partial charge in [-0.05, 0) is 6.08 Å². The van der Waals surface area contributed by atoms with Crippen LogP contribution in [0.15, 0.2) is 11.6 Å². The van der Waals surface area contributed by atoms with Crippen molar-refractivity contribution in [1.29, 1.82) is 0 Å². The number of hydrogen-bond donors (Lipinski definition) is 0. The van der Waals surface area contributed by atoms with Crippen LogP contribution in [0.5, 0.6) is 0 Å². The summed E-state index contributed by atoms with van der Waals surface area (Å²) in [6, 6.07) is 0. The maximum atomic E-state index is 11.1. The van der Waals surface area contributed by atoms with E-state index < -0.39 is 18.5 Å². The zero-order chi connectivity index (χ0) is 9.84. The van der Waals surface area contributed by atoms with Crippen molar-refractivity contribution in [3.05, 3.63) is 11.6 Å². The van der Waals surface area contributed by atoms with Crippen LogP contribution >= 0.6 is 0 Å². The van der Waals surface area contributed by atoms with Crippen LogP contribution in [0.1, 0.15) is 0 Å². The van der Waals surface area contributed by atoms with E-state index in [1.807, 2.05) is 0 Å². The fraction of sp³-hybridized carbons (Fsp3) is 0.625. The Kier molecular flexibility index (Phi) is 3.41. The molecule has 0 radical (unpaired) electrons. The number of esters is 1. The molecule has 0 aromatic heterocycles. The summed E-state index contributed by atoms with van der Waals surface area (Å²) in [4.78, 5) is 11.1. The molecular weight excluding hydrogens is 176 g/mol. The van der Waals surface area contributed by atoms with Crippen molar-refractivity contribution < 1.29 is 23.7 Å². The van der Waals surface area contributed by atoms with Gasteiger partial charge in [0.05, 0.1) is 12.7 Å². The second-order valence-corrected chi connectivity index (χ2v) is 2.42. The Morgan fingerprint density at radius 3 is 2.54 bits per heavy atom. The van der Waals surface area contributed by atoms with Crippen LogP contribution in [0, 0.1) is 0 Å². The van der Waals surface area contributed by atoms with Gasteiger partial charge >= 0.3 is 5.97 Å². The van der Waals surface area contributed by atoms with E-state index in [2.05, 4.69) is 4.74 Å². The zero-order valence-electron chi connectivity index (χ0n) is 7.77. The summed E-state index contributed by atoms with van der Waals surface area (Å²) < 4.78 is 19.5. The van der Waals surface area contributed by atoms with E-state index in [9.17, 15) is 4.79 Å². The lowest BCUT2D eigenvalue weighted by Gasteiger charge is -2.12. The first kappa shape index (κ1) is 10.2. The predicted octanol–water partition coefficient (Wildman–Crippen LogP) is 0.0610. The molecule has 0 unspecified atom stereocenters. The molecule has 0 aromatic rings. The van der Waals surface area contributed by atoms with Gasteiger partial charge in [-0.3, -0.25) is 0 Å². The van der Waals surface area contributed by atoms with E-state index in [-0.39, 0.29) is 0 Å². The number of carbonyl (C=O) groups excluding carboxylic acids is 1. The van der Waals surface area contributed by atoms with Crippen molar-refractivity contribution >= 4 is 5.97 Å². The Labute approximate surface area is 76.2 Å². The molecule has 0 fully saturated rings. The lowest BCUT2D eigenvalue weighted by Crippen LogP contribution is -2.21. The van der Waals surface area contributed by atoms with Crippen LogP contribution in [-0.2, 0) is 23.7 Å². The van der Waals surface area contributed by atoms with E-state index in [0.29, 0.717) is 5.57 Å². The van der Waals surface area contributed by atoms with Crippen molar-refractivity contribution in [2.24, 2.45) is 0 Å². The molecule has 0 aliphatic carbocycles. The molecule has 0 saturated heterocycles. The quantitative estimate of drug-likeness (QED) is 0.586. The van der Waals surface area contributed by atoms with Crippen LogP contribution in [-0.4, -0.2) is 39.9 Å². The van der Waals surface area contributed by atoms with Gasteiger partial charge in [0.15, 0.2) is 12.6 Å². The third-order valence-corrected chi connectivity index (χ3v) is 1.69. The standard InChI is InChI=1S/C8H12O5/c1-10-6-4-5(7(9)11-2)8(12-3)13-6/h4,6,8H,1-3H3/t6-,8+/m0/s1. The number of ether oxygens (including phenoxy) is 4. The highest BCUT2D eigenvalue weighted by Gasteiger charge is 2.32. The first-order valence-corrected chi connectivity index (χ1v) is 3.74. The molecule has 74 valence electrons. The second-order valence-electron chi connectivity index (χ2n) is 2.42. The van der Waals surface area contributed by atoms with Crippen molar-refractivity contribution in [2.75, 3.05) is 21.3 Å². The van der Waals surface area contributed by atoms with Crippen molar-refractivity contribution in [3.8, 4) is 0 Å². The molecule has 13 heavy (non-hydrogen) atoms. The minimum Gasteiger partial charge on any atom is -0.466 e. The van der Waals surface area contributed by atoms with E-state index in [1.54, 1.807) is 0 Å². The average Bonchev–Trinajstić information content (AvgIpc) is 2.59. The fourth-order valence-corrected chi connectivity index (χ4v) is 1.05. The highest BCUT2D eigenvalue weighted by molar-refractivity contribution is 5.89. The fourth-order valence-electron chi connectivity index (χ4n) is 1.05. The lowest BCUT2D eigenvalue weighted by molar-refractivity contribution is -0.180. The third kappa shape index (κ3) is 2.06. The molecule has 1 heterocycles. The second kappa shape index (κ2) is 4.36. The Balaban J connectivity index is 2.72. The molecule has 2 atom stereocenters. The van der Waals surface area contributed by atoms with E-state index in [4.69, 9.17) is 14.2 Å². The van der Waals surface area contributed by atoms with Crippen molar-refractivity contribution in [2.45, 2.75) is 12.6 Å². The maximum absolute atomic E-state index is 11.1. The van der Waals surface area contributed by atoms with Crippen LogP contribution in [0.25, 0.3) is 0 Å². The summed E-state index contributed by atoms with van der Waals surface area (Å²) in [6.45, 7) is 0. The summed E-state index contributed by atoms with van der Waals surface area (Å²) in [7, 11) is 4.23. The normalized spacial score (nSPS) is 27.2.